The van der Waals surface area contributed by atoms with Gasteiger partial charge in [0.15, 0.2) is 0 Å². The van der Waals surface area contributed by atoms with Gasteiger partial charge in [-0.2, -0.15) is 4.98 Å². The minimum Gasteiger partial charge on any atom is -0.474 e. The molecule has 1 atom stereocenters. The van der Waals surface area contributed by atoms with Gasteiger partial charge in [-0.15, -0.1) is 0 Å². The van der Waals surface area contributed by atoms with Gasteiger partial charge in [0.2, 0.25) is 11.2 Å². The van der Waals surface area contributed by atoms with Crippen molar-refractivity contribution >= 4 is 27.5 Å². The number of hydrogen-bond donors (Lipinski definition) is 2. The number of halogens is 2. The lowest BCUT2D eigenvalue weighted by Crippen LogP contribution is -2.42. The van der Waals surface area contributed by atoms with Crippen LogP contribution in [0.25, 0.3) is 0 Å². The van der Waals surface area contributed by atoms with Crippen LogP contribution in [0.2, 0.25) is 5.28 Å². The number of β-amino-alcohol motifs (C(OH)–C–C–N with tert-alkyl or cyclic N) is 1. The van der Waals surface area contributed by atoms with Crippen LogP contribution in [0, 0.1) is 0 Å². The van der Waals surface area contributed by atoms with Crippen LogP contribution < -0.4 is 10.1 Å². The monoisotopic (exact) mass is 337 g/mol. The molecule has 1 aromatic rings. The van der Waals surface area contributed by atoms with Crippen LogP contribution in [-0.4, -0.2) is 39.9 Å². The summed E-state index contributed by atoms with van der Waals surface area (Å²) in [4.78, 5) is 7.69. The Labute approximate surface area is 120 Å². The maximum Gasteiger partial charge on any atom is 0.232 e. The SMILES string of the molecule is CC(C)(C)NCC(O)COc1nc(Cl)ncc1Br. The van der Waals surface area contributed by atoms with Gasteiger partial charge in [0.1, 0.15) is 12.7 Å². The van der Waals surface area contributed by atoms with E-state index in [4.69, 9.17) is 16.3 Å². The summed E-state index contributed by atoms with van der Waals surface area (Å²) in [6.07, 6.45) is 0.884. The first-order chi connectivity index (χ1) is 8.28. The second-order valence-electron chi connectivity index (χ2n) is 4.89. The van der Waals surface area contributed by atoms with Gasteiger partial charge in [-0.05, 0) is 48.3 Å². The third-order valence-corrected chi connectivity index (χ3v) is 2.69. The highest BCUT2D eigenvalue weighted by atomic mass is 79.9. The van der Waals surface area contributed by atoms with E-state index in [1.807, 2.05) is 20.8 Å². The molecule has 5 nitrogen and oxygen atoms in total. The number of nitrogens with one attached hydrogen (secondary N) is 1. The average molecular weight is 339 g/mol. The molecule has 0 aliphatic rings. The topological polar surface area (TPSA) is 67.3 Å². The van der Waals surface area contributed by atoms with Crippen molar-refractivity contribution in [3.8, 4) is 5.88 Å². The van der Waals surface area contributed by atoms with E-state index in [1.54, 1.807) is 0 Å². The lowest BCUT2D eigenvalue weighted by Gasteiger charge is -2.22. The molecule has 0 bridgehead atoms. The maximum atomic E-state index is 9.75. The zero-order chi connectivity index (χ0) is 13.8. The lowest BCUT2D eigenvalue weighted by molar-refractivity contribution is 0.0972. The first-order valence-electron chi connectivity index (χ1n) is 5.52. The summed E-state index contributed by atoms with van der Waals surface area (Å²) in [5.41, 5.74) is -0.0419. The fourth-order valence-corrected chi connectivity index (χ4v) is 1.52. The summed E-state index contributed by atoms with van der Waals surface area (Å²) < 4.78 is 5.97. The van der Waals surface area contributed by atoms with Gasteiger partial charge in [0.05, 0.1) is 4.47 Å². The van der Waals surface area contributed by atoms with E-state index in [0.29, 0.717) is 16.9 Å². The zero-order valence-corrected chi connectivity index (χ0v) is 12.9. The number of hydrogen-bond acceptors (Lipinski definition) is 5. The van der Waals surface area contributed by atoms with Gasteiger partial charge in [0.25, 0.3) is 0 Å². The molecule has 0 fully saturated rings. The van der Waals surface area contributed by atoms with Crippen molar-refractivity contribution in [2.45, 2.75) is 32.4 Å². The number of rotatable bonds is 5. The van der Waals surface area contributed by atoms with Gasteiger partial charge in [-0.1, -0.05) is 0 Å². The van der Waals surface area contributed by atoms with Crippen molar-refractivity contribution in [3.05, 3.63) is 16.0 Å². The molecule has 0 aliphatic heterocycles. The van der Waals surface area contributed by atoms with Crippen molar-refractivity contribution in [3.63, 3.8) is 0 Å². The van der Waals surface area contributed by atoms with Gasteiger partial charge in [-0.3, -0.25) is 0 Å². The summed E-state index contributed by atoms with van der Waals surface area (Å²) in [6.45, 7) is 6.67. The Morgan fingerprint density at radius 1 is 1.56 bits per heavy atom. The Morgan fingerprint density at radius 3 is 2.83 bits per heavy atom. The Balaban J connectivity index is 2.42. The molecule has 1 unspecified atom stereocenters. The van der Waals surface area contributed by atoms with Crippen molar-refractivity contribution in [1.82, 2.24) is 15.3 Å². The first-order valence-corrected chi connectivity index (χ1v) is 6.69. The van der Waals surface area contributed by atoms with E-state index in [9.17, 15) is 5.11 Å². The molecule has 102 valence electrons. The Hall–Kier alpha value is -0.430. The van der Waals surface area contributed by atoms with Crippen LogP contribution >= 0.6 is 27.5 Å². The van der Waals surface area contributed by atoms with Crippen LogP contribution in [0.5, 0.6) is 5.88 Å². The van der Waals surface area contributed by atoms with Crippen LogP contribution in [0.3, 0.4) is 0 Å². The molecule has 1 aromatic heterocycles. The molecule has 7 heteroatoms. The molecule has 1 heterocycles. The minimum atomic E-state index is -0.620. The molecule has 0 saturated heterocycles. The summed E-state index contributed by atoms with van der Waals surface area (Å²) in [7, 11) is 0. The molecule has 0 radical (unpaired) electrons. The highest BCUT2D eigenvalue weighted by Crippen LogP contribution is 2.22. The van der Waals surface area contributed by atoms with Gasteiger partial charge in [0, 0.05) is 18.3 Å². The van der Waals surface area contributed by atoms with E-state index in [1.165, 1.54) is 6.20 Å². The van der Waals surface area contributed by atoms with Gasteiger partial charge < -0.3 is 15.2 Å². The van der Waals surface area contributed by atoms with Crippen LogP contribution in [0.4, 0.5) is 0 Å². The number of aliphatic hydroxyl groups is 1. The van der Waals surface area contributed by atoms with Crippen molar-refractivity contribution in [1.29, 1.82) is 0 Å². The van der Waals surface area contributed by atoms with Crippen LogP contribution in [0.15, 0.2) is 10.7 Å². The smallest absolute Gasteiger partial charge is 0.232 e. The minimum absolute atomic E-state index is 0.0419. The molecule has 0 spiro atoms. The first kappa shape index (κ1) is 15.6. The Bertz CT molecular complexity index is 398. The second kappa shape index (κ2) is 6.65. The number of aromatic nitrogens is 2. The van der Waals surface area contributed by atoms with Crippen molar-refractivity contribution in [2.24, 2.45) is 0 Å². The summed E-state index contributed by atoms with van der Waals surface area (Å²) in [5.74, 6) is 0.324. The predicted octanol–water partition coefficient (Wildman–Crippen LogP) is 2.02. The quantitative estimate of drug-likeness (QED) is 0.804. The van der Waals surface area contributed by atoms with Crippen molar-refractivity contribution in [2.75, 3.05) is 13.2 Å². The molecular weight excluding hydrogens is 321 g/mol. The lowest BCUT2D eigenvalue weighted by atomic mass is 10.1. The van der Waals surface area contributed by atoms with E-state index in [0.717, 1.165) is 0 Å². The molecule has 2 N–H and O–H groups in total. The summed E-state index contributed by atoms with van der Waals surface area (Å²) in [5, 5.41) is 13.0. The normalized spacial score (nSPS) is 13.4. The standard InChI is InChI=1S/C11H17BrClN3O2/c1-11(2,3)15-4-7(17)6-18-9-8(12)5-14-10(13)16-9/h5,7,15,17H,4,6H2,1-3H3. The van der Waals surface area contributed by atoms with E-state index in [2.05, 4.69) is 31.2 Å². The highest BCUT2D eigenvalue weighted by molar-refractivity contribution is 9.10. The van der Waals surface area contributed by atoms with Gasteiger partial charge in [-0.25, -0.2) is 4.98 Å². The maximum absolute atomic E-state index is 9.75. The molecule has 0 aromatic carbocycles. The second-order valence-corrected chi connectivity index (χ2v) is 6.08. The third-order valence-electron chi connectivity index (χ3n) is 1.96. The highest BCUT2D eigenvalue weighted by Gasteiger charge is 2.13. The van der Waals surface area contributed by atoms with E-state index >= 15 is 0 Å². The fourth-order valence-electron chi connectivity index (χ4n) is 1.09. The Morgan fingerprint density at radius 2 is 2.22 bits per heavy atom. The van der Waals surface area contributed by atoms with E-state index in [-0.39, 0.29) is 17.4 Å². The van der Waals surface area contributed by atoms with E-state index < -0.39 is 6.10 Å². The van der Waals surface area contributed by atoms with Crippen LogP contribution in [0.1, 0.15) is 20.8 Å². The summed E-state index contributed by atoms with van der Waals surface area (Å²) in [6, 6.07) is 0. The number of nitrogens with zero attached hydrogens (tertiary/aromatic N) is 2. The van der Waals surface area contributed by atoms with Crippen LogP contribution in [-0.2, 0) is 0 Å². The largest absolute Gasteiger partial charge is 0.474 e. The zero-order valence-electron chi connectivity index (χ0n) is 10.6. The molecule has 18 heavy (non-hydrogen) atoms. The molecule has 0 amide bonds. The predicted molar refractivity (Wildman–Crippen MR) is 74.0 cm³/mol. The van der Waals surface area contributed by atoms with Crippen molar-refractivity contribution < 1.29 is 9.84 Å². The molecule has 0 aliphatic carbocycles. The average Bonchev–Trinajstić information content (AvgIpc) is 2.26. The molecule has 1 rings (SSSR count). The third kappa shape index (κ3) is 5.95. The fraction of sp³-hybridized carbons (Fsp3) is 0.636. The molecule has 0 saturated carbocycles. The van der Waals surface area contributed by atoms with Gasteiger partial charge >= 0.3 is 0 Å². The number of ether oxygens (including phenoxy) is 1. The number of aliphatic hydroxyl groups excluding tert-OH is 1. The Kier molecular flexibility index (Phi) is 5.78. The summed E-state index contributed by atoms with van der Waals surface area (Å²) >= 11 is 8.90. The molecular formula is C11H17BrClN3O2.